The summed E-state index contributed by atoms with van der Waals surface area (Å²) in [6, 6.07) is 6.52. The SMILES string of the molecule is CC[C@H](C)NCc1cc(OC)cc(OCCCOC)c1. The van der Waals surface area contributed by atoms with E-state index in [-0.39, 0.29) is 0 Å². The lowest BCUT2D eigenvalue weighted by Gasteiger charge is -2.14. The zero-order valence-corrected chi connectivity index (χ0v) is 13.1. The number of hydrogen-bond donors (Lipinski definition) is 1. The molecule has 0 bridgehead atoms. The van der Waals surface area contributed by atoms with Gasteiger partial charge in [0.1, 0.15) is 11.5 Å². The van der Waals surface area contributed by atoms with Crippen molar-refractivity contribution < 1.29 is 14.2 Å². The zero-order valence-electron chi connectivity index (χ0n) is 13.1. The molecule has 1 atom stereocenters. The van der Waals surface area contributed by atoms with Crippen molar-refractivity contribution in [3.8, 4) is 11.5 Å². The van der Waals surface area contributed by atoms with Crippen molar-refractivity contribution in [3.05, 3.63) is 23.8 Å². The molecule has 20 heavy (non-hydrogen) atoms. The lowest BCUT2D eigenvalue weighted by molar-refractivity contribution is 0.172. The van der Waals surface area contributed by atoms with Crippen LogP contribution in [-0.4, -0.2) is 33.5 Å². The Morgan fingerprint density at radius 3 is 2.50 bits per heavy atom. The lowest BCUT2D eigenvalue weighted by atomic mass is 10.1. The van der Waals surface area contributed by atoms with Crippen LogP contribution in [0.25, 0.3) is 0 Å². The summed E-state index contributed by atoms with van der Waals surface area (Å²) in [6.45, 7) is 6.54. The monoisotopic (exact) mass is 281 g/mol. The average molecular weight is 281 g/mol. The van der Waals surface area contributed by atoms with Crippen molar-refractivity contribution in [3.63, 3.8) is 0 Å². The summed E-state index contributed by atoms with van der Waals surface area (Å²) in [5.74, 6) is 1.68. The van der Waals surface area contributed by atoms with E-state index in [9.17, 15) is 0 Å². The van der Waals surface area contributed by atoms with Gasteiger partial charge in [-0.3, -0.25) is 0 Å². The molecule has 0 saturated heterocycles. The predicted molar refractivity (Wildman–Crippen MR) is 81.6 cm³/mol. The molecule has 0 aliphatic rings. The first-order valence-corrected chi connectivity index (χ1v) is 7.22. The third-order valence-electron chi connectivity index (χ3n) is 3.20. The van der Waals surface area contributed by atoms with E-state index in [2.05, 4.69) is 25.2 Å². The predicted octanol–water partition coefficient (Wildman–Crippen LogP) is 3.00. The van der Waals surface area contributed by atoms with E-state index < -0.39 is 0 Å². The van der Waals surface area contributed by atoms with Crippen LogP contribution in [0.1, 0.15) is 32.3 Å². The molecule has 0 fully saturated rings. The quantitative estimate of drug-likeness (QED) is 0.669. The van der Waals surface area contributed by atoms with E-state index >= 15 is 0 Å². The molecular weight excluding hydrogens is 254 g/mol. The summed E-state index contributed by atoms with van der Waals surface area (Å²) in [7, 11) is 3.38. The average Bonchev–Trinajstić information content (AvgIpc) is 2.49. The van der Waals surface area contributed by atoms with Crippen LogP contribution in [0.2, 0.25) is 0 Å². The van der Waals surface area contributed by atoms with E-state index in [0.717, 1.165) is 30.9 Å². The van der Waals surface area contributed by atoms with Crippen molar-refractivity contribution in [2.75, 3.05) is 27.4 Å². The molecule has 114 valence electrons. The Bertz CT molecular complexity index is 382. The molecule has 0 aliphatic carbocycles. The lowest BCUT2D eigenvalue weighted by Crippen LogP contribution is -2.24. The molecule has 0 unspecified atom stereocenters. The molecule has 0 saturated carbocycles. The van der Waals surface area contributed by atoms with Gasteiger partial charge in [-0.2, -0.15) is 0 Å². The maximum absolute atomic E-state index is 5.74. The van der Waals surface area contributed by atoms with Gasteiger partial charge in [0, 0.05) is 38.8 Å². The van der Waals surface area contributed by atoms with Crippen LogP contribution in [-0.2, 0) is 11.3 Å². The van der Waals surface area contributed by atoms with Gasteiger partial charge in [0.05, 0.1) is 13.7 Å². The van der Waals surface area contributed by atoms with Gasteiger partial charge in [0.15, 0.2) is 0 Å². The number of ether oxygens (including phenoxy) is 3. The molecule has 0 aliphatic heterocycles. The second kappa shape index (κ2) is 9.61. The number of hydrogen-bond acceptors (Lipinski definition) is 4. The molecule has 1 aromatic carbocycles. The number of methoxy groups -OCH3 is 2. The molecule has 0 amide bonds. The summed E-state index contributed by atoms with van der Waals surface area (Å²) in [5.41, 5.74) is 1.17. The molecule has 0 aromatic heterocycles. The minimum absolute atomic E-state index is 0.507. The van der Waals surface area contributed by atoms with E-state index in [4.69, 9.17) is 14.2 Å². The first-order valence-electron chi connectivity index (χ1n) is 7.22. The van der Waals surface area contributed by atoms with Gasteiger partial charge in [-0.1, -0.05) is 6.92 Å². The summed E-state index contributed by atoms with van der Waals surface area (Å²) >= 11 is 0. The standard InChI is InChI=1S/C16H27NO3/c1-5-13(2)17-12-14-9-15(19-4)11-16(10-14)20-8-6-7-18-3/h9-11,13,17H,5-8,12H2,1-4H3/t13-/m0/s1. The fourth-order valence-corrected chi connectivity index (χ4v) is 1.76. The van der Waals surface area contributed by atoms with Crippen molar-refractivity contribution in [2.45, 2.75) is 39.3 Å². The first-order chi connectivity index (χ1) is 9.69. The Labute approximate surface area is 122 Å². The van der Waals surface area contributed by atoms with Crippen molar-refractivity contribution in [1.29, 1.82) is 0 Å². The molecule has 0 spiro atoms. The minimum Gasteiger partial charge on any atom is -0.497 e. The topological polar surface area (TPSA) is 39.7 Å². The molecule has 1 rings (SSSR count). The van der Waals surface area contributed by atoms with Gasteiger partial charge in [-0.15, -0.1) is 0 Å². The Kier molecular flexibility index (Phi) is 8.07. The van der Waals surface area contributed by atoms with Crippen molar-refractivity contribution in [1.82, 2.24) is 5.32 Å². The molecule has 1 aromatic rings. The summed E-state index contributed by atoms with van der Waals surface area (Å²) < 4.78 is 16.1. The number of rotatable bonds is 10. The Morgan fingerprint density at radius 2 is 1.85 bits per heavy atom. The molecule has 4 nitrogen and oxygen atoms in total. The smallest absolute Gasteiger partial charge is 0.123 e. The highest BCUT2D eigenvalue weighted by Gasteiger charge is 2.04. The zero-order chi connectivity index (χ0) is 14.8. The van der Waals surface area contributed by atoms with Crippen LogP contribution in [0.3, 0.4) is 0 Å². The van der Waals surface area contributed by atoms with Gasteiger partial charge in [0.2, 0.25) is 0 Å². The summed E-state index contributed by atoms with van der Waals surface area (Å²) in [6.07, 6.45) is 2.00. The van der Waals surface area contributed by atoms with Gasteiger partial charge in [0.25, 0.3) is 0 Å². The highest BCUT2D eigenvalue weighted by molar-refractivity contribution is 5.38. The first kappa shape index (κ1) is 16.8. The molecule has 0 radical (unpaired) electrons. The summed E-state index contributed by atoms with van der Waals surface area (Å²) in [4.78, 5) is 0. The van der Waals surface area contributed by atoms with Crippen LogP contribution < -0.4 is 14.8 Å². The van der Waals surface area contributed by atoms with Gasteiger partial charge >= 0.3 is 0 Å². The largest absolute Gasteiger partial charge is 0.497 e. The van der Waals surface area contributed by atoms with E-state index in [1.165, 1.54) is 5.56 Å². The number of benzene rings is 1. The van der Waals surface area contributed by atoms with Gasteiger partial charge in [-0.05, 0) is 31.0 Å². The van der Waals surface area contributed by atoms with Gasteiger partial charge < -0.3 is 19.5 Å². The molecule has 0 heterocycles. The van der Waals surface area contributed by atoms with Crippen LogP contribution in [0.5, 0.6) is 11.5 Å². The fourth-order valence-electron chi connectivity index (χ4n) is 1.76. The molecular formula is C16H27NO3. The van der Waals surface area contributed by atoms with Gasteiger partial charge in [-0.25, -0.2) is 0 Å². The van der Waals surface area contributed by atoms with E-state index in [0.29, 0.717) is 19.3 Å². The summed E-state index contributed by atoms with van der Waals surface area (Å²) in [5, 5.41) is 3.47. The highest BCUT2D eigenvalue weighted by atomic mass is 16.5. The van der Waals surface area contributed by atoms with Crippen molar-refractivity contribution in [2.24, 2.45) is 0 Å². The van der Waals surface area contributed by atoms with Crippen molar-refractivity contribution >= 4 is 0 Å². The van der Waals surface area contributed by atoms with Crippen LogP contribution in [0, 0.1) is 0 Å². The highest BCUT2D eigenvalue weighted by Crippen LogP contribution is 2.23. The fraction of sp³-hybridized carbons (Fsp3) is 0.625. The maximum atomic E-state index is 5.74. The Morgan fingerprint density at radius 1 is 1.10 bits per heavy atom. The maximum Gasteiger partial charge on any atom is 0.123 e. The Hall–Kier alpha value is -1.26. The second-order valence-corrected chi connectivity index (χ2v) is 4.90. The molecule has 1 N–H and O–H groups in total. The minimum atomic E-state index is 0.507. The Balaban J connectivity index is 2.60. The second-order valence-electron chi connectivity index (χ2n) is 4.90. The van der Waals surface area contributed by atoms with Crippen LogP contribution >= 0.6 is 0 Å². The third kappa shape index (κ3) is 6.26. The normalized spacial score (nSPS) is 12.2. The van der Waals surface area contributed by atoms with E-state index in [1.54, 1.807) is 14.2 Å². The van der Waals surface area contributed by atoms with Crippen LogP contribution in [0.4, 0.5) is 0 Å². The third-order valence-corrected chi connectivity index (χ3v) is 3.20. The molecule has 4 heteroatoms. The van der Waals surface area contributed by atoms with Crippen LogP contribution in [0.15, 0.2) is 18.2 Å². The van der Waals surface area contributed by atoms with E-state index in [1.807, 2.05) is 12.1 Å². The number of nitrogens with one attached hydrogen (secondary N) is 1.